The first kappa shape index (κ1) is 18.3. The zero-order valence-electron chi connectivity index (χ0n) is 14.6. The Labute approximate surface area is 148 Å². The number of hydrogen-bond acceptors (Lipinski definition) is 4. The van der Waals surface area contributed by atoms with E-state index in [0.29, 0.717) is 24.9 Å². The number of rotatable bonds is 8. The lowest BCUT2D eigenvalue weighted by Crippen LogP contribution is -2.39. The number of guanidine groups is 1. The highest BCUT2D eigenvalue weighted by Crippen LogP contribution is 2.17. The molecular formula is C18H26N4OS. The maximum Gasteiger partial charge on any atom is 0.213 e. The second kappa shape index (κ2) is 9.93. The second-order valence-electron chi connectivity index (χ2n) is 5.47. The van der Waals surface area contributed by atoms with E-state index >= 15 is 0 Å². The average Bonchev–Trinajstić information content (AvgIpc) is 3.12. The summed E-state index contributed by atoms with van der Waals surface area (Å²) in [6.45, 7) is 9.13. The summed E-state index contributed by atoms with van der Waals surface area (Å²) < 4.78 is 5.43. The van der Waals surface area contributed by atoms with Crippen molar-refractivity contribution in [2.45, 2.75) is 33.2 Å². The highest BCUT2D eigenvalue weighted by molar-refractivity contribution is 7.07. The largest absolute Gasteiger partial charge is 0.478 e. The summed E-state index contributed by atoms with van der Waals surface area (Å²) in [5.41, 5.74) is 2.44. The van der Waals surface area contributed by atoms with Gasteiger partial charge in [-0.25, -0.2) is 9.98 Å². The Kier molecular flexibility index (Phi) is 7.55. The topological polar surface area (TPSA) is 58.5 Å². The number of hydrogen-bond donors (Lipinski definition) is 2. The van der Waals surface area contributed by atoms with Gasteiger partial charge in [0, 0.05) is 25.4 Å². The summed E-state index contributed by atoms with van der Waals surface area (Å²) in [7, 11) is 0. The van der Waals surface area contributed by atoms with Crippen molar-refractivity contribution in [1.29, 1.82) is 0 Å². The van der Waals surface area contributed by atoms with Crippen LogP contribution >= 0.6 is 11.3 Å². The van der Waals surface area contributed by atoms with Crippen LogP contribution in [0.1, 0.15) is 37.8 Å². The number of nitrogens with one attached hydrogen (secondary N) is 2. The second-order valence-corrected chi connectivity index (χ2v) is 6.25. The van der Waals surface area contributed by atoms with Gasteiger partial charge >= 0.3 is 0 Å². The Hall–Kier alpha value is -2.08. The maximum atomic E-state index is 5.43. The highest BCUT2D eigenvalue weighted by Gasteiger charge is 2.07. The summed E-state index contributed by atoms with van der Waals surface area (Å²) in [5.74, 6) is 1.93. The molecule has 0 saturated heterocycles. The quantitative estimate of drug-likeness (QED) is 0.568. The Morgan fingerprint density at radius 3 is 2.92 bits per heavy atom. The van der Waals surface area contributed by atoms with Gasteiger partial charge in [0.25, 0.3) is 0 Å². The van der Waals surface area contributed by atoms with E-state index in [4.69, 9.17) is 4.74 Å². The van der Waals surface area contributed by atoms with E-state index in [1.165, 1.54) is 5.56 Å². The SMILES string of the molecule is CCNC(=NCc1ccnc(OCC)c1)NCC(C)c1ccsc1. The Bertz CT molecular complexity index is 628. The van der Waals surface area contributed by atoms with Crippen LogP contribution < -0.4 is 15.4 Å². The highest BCUT2D eigenvalue weighted by atomic mass is 32.1. The van der Waals surface area contributed by atoms with E-state index < -0.39 is 0 Å². The fourth-order valence-electron chi connectivity index (χ4n) is 2.21. The van der Waals surface area contributed by atoms with Crippen molar-refractivity contribution in [1.82, 2.24) is 15.6 Å². The number of thiophene rings is 1. The van der Waals surface area contributed by atoms with Gasteiger partial charge in [-0.05, 0) is 53.8 Å². The van der Waals surface area contributed by atoms with Crippen LogP contribution in [0.15, 0.2) is 40.1 Å². The molecule has 2 aromatic heterocycles. The lowest BCUT2D eigenvalue weighted by atomic mass is 10.1. The molecule has 0 aliphatic rings. The molecule has 0 amide bonds. The summed E-state index contributed by atoms with van der Waals surface area (Å²) in [6.07, 6.45) is 1.76. The van der Waals surface area contributed by atoms with Crippen molar-refractivity contribution >= 4 is 17.3 Å². The van der Waals surface area contributed by atoms with Gasteiger partial charge < -0.3 is 15.4 Å². The minimum Gasteiger partial charge on any atom is -0.478 e. The van der Waals surface area contributed by atoms with Crippen molar-refractivity contribution in [3.8, 4) is 5.88 Å². The van der Waals surface area contributed by atoms with Crippen LogP contribution in [0, 0.1) is 0 Å². The summed E-state index contributed by atoms with van der Waals surface area (Å²) in [5, 5.41) is 11.0. The minimum absolute atomic E-state index is 0.450. The molecule has 0 aliphatic heterocycles. The van der Waals surface area contributed by atoms with Crippen molar-refractivity contribution in [3.63, 3.8) is 0 Å². The smallest absolute Gasteiger partial charge is 0.213 e. The molecule has 130 valence electrons. The van der Waals surface area contributed by atoms with Gasteiger partial charge in [0.1, 0.15) is 0 Å². The van der Waals surface area contributed by atoms with E-state index in [9.17, 15) is 0 Å². The molecule has 5 nitrogen and oxygen atoms in total. The molecular weight excluding hydrogens is 320 g/mol. The third-order valence-electron chi connectivity index (χ3n) is 3.54. The normalized spacial score (nSPS) is 12.7. The Morgan fingerprint density at radius 1 is 1.33 bits per heavy atom. The van der Waals surface area contributed by atoms with Crippen LogP contribution in [-0.2, 0) is 6.54 Å². The molecule has 0 fully saturated rings. The molecule has 0 saturated carbocycles. The number of nitrogens with zero attached hydrogens (tertiary/aromatic N) is 2. The standard InChI is InChI=1S/C18H26N4OS/c1-4-19-18(21-11-14(3)16-7-9-24-13-16)22-12-15-6-8-20-17(10-15)23-5-2/h6-10,13-14H,4-5,11-12H2,1-3H3,(H2,19,21,22). The van der Waals surface area contributed by atoms with Crippen molar-refractivity contribution < 1.29 is 4.74 Å². The van der Waals surface area contributed by atoms with Crippen molar-refractivity contribution in [2.24, 2.45) is 4.99 Å². The van der Waals surface area contributed by atoms with Gasteiger partial charge in [-0.1, -0.05) is 6.92 Å². The van der Waals surface area contributed by atoms with Crippen LogP contribution in [0.4, 0.5) is 0 Å². The number of ether oxygens (including phenoxy) is 1. The first-order chi connectivity index (χ1) is 11.7. The van der Waals surface area contributed by atoms with E-state index in [0.717, 1.165) is 24.6 Å². The summed E-state index contributed by atoms with van der Waals surface area (Å²) in [6, 6.07) is 6.07. The summed E-state index contributed by atoms with van der Waals surface area (Å²) in [4.78, 5) is 8.83. The van der Waals surface area contributed by atoms with Crippen molar-refractivity contribution in [3.05, 3.63) is 46.3 Å². The molecule has 0 spiro atoms. The number of aromatic nitrogens is 1. The zero-order chi connectivity index (χ0) is 17.2. The minimum atomic E-state index is 0.450. The number of pyridine rings is 1. The first-order valence-electron chi connectivity index (χ1n) is 8.35. The van der Waals surface area contributed by atoms with Gasteiger partial charge in [-0.3, -0.25) is 0 Å². The molecule has 2 heterocycles. The molecule has 24 heavy (non-hydrogen) atoms. The average molecular weight is 346 g/mol. The van der Waals surface area contributed by atoms with Crippen LogP contribution in [-0.4, -0.2) is 30.6 Å². The van der Waals surface area contributed by atoms with Crippen molar-refractivity contribution in [2.75, 3.05) is 19.7 Å². The Morgan fingerprint density at radius 2 is 2.21 bits per heavy atom. The van der Waals surface area contributed by atoms with E-state index in [1.54, 1.807) is 17.5 Å². The summed E-state index contributed by atoms with van der Waals surface area (Å²) >= 11 is 1.73. The van der Waals surface area contributed by atoms with Gasteiger partial charge in [0.15, 0.2) is 5.96 Å². The number of aliphatic imine (C=N–C) groups is 1. The predicted molar refractivity (Wildman–Crippen MR) is 101 cm³/mol. The van der Waals surface area contributed by atoms with E-state index in [1.807, 2.05) is 19.1 Å². The lowest BCUT2D eigenvalue weighted by molar-refractivity contribution is 0.326. The molecule has 0 bridgehead atoms. The van der Waals surface area contributed by atoms with Gasteiger partial charge in [0.2, 0.25) is 5.88 Å². The van der Waals surface area contributed by atoms with Crippen LogP contribution in [0.3, 0.4) is 0 Å². The fraction of sp³-hybridized carbons (Fsp3) is 0.444. The van der Waals surface area contributed by atoms with Gasteiger partial charge in [-0.15, -0.1) is 0 Å². The third-order valence-corrected chi connectivity index (χ3v) is 4.24. The third kappa shape index (κ3) is 5.85. The molecule has 6 heteroatoms. The lowest BCUT2D eigenvalue weighted by Gasteiger charge is -2.15. The van der Waals surface area contributed by atoms with Crippen LogP contribution in [0.2, 0.25) is 0 Å². The molecule has 1 atom stereocenters. The van der Waals surface area contributed by atoms with Gasteiger partial charge in [0.05, 0.1) is 13.2 Å². The molecule has 0 radical (unpaired) electrons. The zero-order valence-corrected chi connectivity index (χ0v) is 15.4. The molecule has 2 N–H and O–H groups in total. The molecule has 2 rings (SSSR count). The first-order valence-corrected chi connectivity index (χ1v) is 9.29. The maximum absolute atomic E-state index is 5.43. The predicted octanol–water partition coefficient (Wildman–Crippen LogP) is 3.40. The van der Waals surface area contributed by atoms with E-state index in [-0.39, 0.29) is 0 Å². The fourth-order valence-corrected chi connectivity index (χ4v) is 2.99. The van der Waals surface area contributed by atoms with E-state index in [2.05, 4.69) is 51.3 Å². The van der Waals surface area contributed by atoms with Crippen LogP contribution in [0.5, 0.6) is 5.88 Å². The molecule has 2 aromatic rings. The van der Waals surface area contributed by atoms with Crippen LogP contribution in [0.25, 0.3) is 0 Å². The van der Waals surface area contributed by atoms with Gasteiger partial charge in [-0.2, -0.15) is 11.3 Å². The monoisotopic (exact) mass is 346 g/mol. The molecule has 1 unspecified atom stereocenters. The Balaban J connectivity index is 1.93. The molecule has 0 aliphatic carbocycles. The molecule has 0 aromatic carbocycles.